The third-order valence-electron chi connectivity index (χ3n) is 11.6. The summed E-state index contributed by atoms with van der Waals surface area (Å²) in [6, 6.07) is 15.4. The van der Waals surface area contributed by atoms with Gasteiger partial charge in [-0.05, 0) is 121 Å². The minimum atomic E-state index is -0.297. The number of allylic oxidation sites excluding steroid dienone is 4. The predicted molar refractivity (Wildman–Crippen MR) is 246 cm³/mol. The molecule has 0 radical (unpaired) electrons. The molecule has 6 rings (SSSR count). The zero-order valence-electron chi connectivity index (χ0n) is 37.9. The second-order valence-corrected chi connectivity index (χ2v) is 15.8. The first-order valence-corrected chi connectivity index (χ1v) is 21.9. The molecule has 340 valence electrons. The van der Waals surface area contributed by atoms with Gasteiger partial charge in [-0.3, -0.25) is 19.2 Å². The molecule has 1 amide bonds. The molecule has 0 aliphatic carbocycles. The van der Waals surface area contributed by atoms with Crippen LogP contribution in [0.1, 0.15) is 124 Å². The summed E-state index contributed by atoms with van der Waals surface area (Å²) < 4.78 is 15.9. The molecule has 3 N–H and O–H groups in total. The molecule has 3 aromatic heterocycles. The molecular formula is C50H58N6O7Pt. The van der Waals surface area contributed by atoms with Gasteiger partial charge in [0.05, 0.1) is 42.6 Å². The second kappa shape index (κ2) is 22.7. The number of aromatic nitrogens is 4. The van der Waals surface area contributed by atoms with Gasteiger partial charge in [0.2, 0.25) is 5.91 Å². The number of hydrogen-bond acceptors (Lipinski definition) is 10. The molecule has 13 nitrogen and oxygen atoms in total. The number of amides is 1. The number of nitrogens with two attached hydrogens (primary N) is 1. The Kier molecular flexibility index (Phi) is 17.5. The van der Waals surface area contributed by atoms with Gasteiger partial charge < -0.3 is 35.2 Å². The van der Waals surface area contributed by atoms with Crippen molar-refractivity contribution >= 4 is 73.9 Å². The van der Waals surface area contributed by atoms with Crippen LogP contribution < -0.4 is 21.0 Å². The van der Waals surface area contributed by atoms with Gasteiger partial charge >= 0.3 is 39.0 Å². The van der Waals surface area contributed by atoms with Crippen molar-refractivity contribution in [3.8, 4) is 0 Å². The number of nitrogens with one attached hydrogen (secondary N) is 1. The number of carbonyl (C=O) groups excluding carboxylic acids is 4. The van der Waals surface area contributed by atoms with E-state index >= 15 is 0 Å². The summed E-state index contributed by atoms with van der Waals surface area (Å²) in [6.45, 7) is 14.7. The van der Waals surface area contributed by atoms with Crippen LogP contribution >= 0.6 is 0 Å². The zero-order chi connectivity index (χ0) is 45.2. The smallest absolute Gasteiger partial charge is 0.657 e. The molecule has 5 heterocycles. The van der Waals surface area contributed by atoms with Crippen molar-refractivity contribution in [2.45, 2.75) is 106 Å². The second-order valence-electron chi connectivity index (χ2n) is 15.8. The minimum absolute atomic E-state index is 0. The Labute approximate surface area is 389 Å². The maximum Gasteiger partial charge on any atom is 2.00 e. The number of nitrogens with zero attached hydrogens (tertiary/aromatic N) is 4. The van der Waals surface area contributed by atoms with E-state index in [-0.39, 0.29) is 90.4 Å². The summed E-state index contributed by atoms with van der Waals surface area (Å²) in [5.74, 6) is -0.964. The fraction of sp³-hybridized carbons (Fsp3) is 0.400. The molecule has 0 saturated heterocycles. The van der Waals surface area contributed by atoms with Crippen molar-refractivity contribution in [2.75, 3.05) is 32.1 Å². The number of esters is 3. The number of anilines is 1. The number of nitrogen functional groups attached to an aromatic ring is 1. The van der Waals surface area contributed by atoms with Crippen molar-refractivity contribution in [2.24, 2.45) is 0 Å². The molecular weight excluding hydrogens is 992 g/mol. The van der Waals surface area contributed by atoms with Gasteiger partial charge in [0, 0.05) is 37.9 Å². The van der Waals surface area contributed by atoms with Crippen molar-refractivity contribution < 1.29 is 54.5 Å². The number of aryl methyl sites for hydroxylation is 4. The molecule has 0 saturated carbocycles. The third kappa shape index (κ3) is 12.0. The first-order chi connectivity index (χ1) is 30.3. The Morgan fingerprint density at radius 3 is 1.41 bits per heavy atom. The molecule has 2 aliphatic rings. The number of carbonyl (C=O) groups is 4. The van der Waals surface area contributed by atoms with Gasteiger partial charge in [-0.1, -0.05) is 58.7 Å². The SMILES string of the molecule is CCOC(=O)CCC1=C(C)c2cc3[n-]c(cc4nc(cc5[n-]c(cc1n2)c(C)c5CCC(=O)NCCc1ccc(N)cc1)C(C)=C4CCC(=O)OCC)c(C)c3CCC(=O)OCC.[Pt+2]. The van der Waals surface area contributed by atoms with Crippen LogP contribution in [0.25, 0.3) is 44.4 Å². The Bertz CT molecular complexity index is 2620. The zero-order valence-corrected chi connectivity index (χ0v) is 40.1. The summed E-state index contributed by atoms with van der Waals surface area (Å²) in [6.07, 6.45) is 3.07. The summed E-state index contributed by atoms with van der Waals surface area (Å²) in [5.41, 5.74) is 20.2. The van der Waals surface area contributed by atoms with E-state index in [9.17, 15) is 19.2 Å². The predicted octanol–water partition coefficient (Wildman–Crippen LogP) is 8.10. The quantitative estimate of drug-likeness (QED) is 0.0555. The van der Waals surface area contributed by atoms with Gasteiger partial charge in [-0.15, -0.1) is 22.1 Å². The maximum absolute atomic E-state index is 13.3. The average Bonchev–Trinajstić information content (AvgIpc) is 3.91. The molecule has 1 aromatic carbocycles. The maximum atomic E-state index is 13.3. The first-order valence-electron chi connectivity index (χ1n) is 21.9. The number of ether oxygens (including phenoxy) is 3. The fourth-order valence-corrected chi connectivity index (χ4v) is 8.07. The van der Waals surface area contributed by atoms with Crippen molar-refractivity contribution in [1.29, 1.82) is 0 Å². The summed E-state index contributed by atoms with van der Waals surface area (Å²) >= 11 is 0. The topological polar surface area (TPSA) is 188 Å². The largest absolute Gasteiger partial charge is 2.00 e. The summed E-state index contributed by atoms with van der Waals surface area (Å²) in [7, 11) is 0. The van der Waals surface area contributed by atoms with Crippen LogP contribution in [0, 0.1) is 13.8 Å². The fourth-order valence-electron chi connectivity index (χ4n) is 8.07. The Hall–Kier alpha value is -5.81. The van der Waals surface area contributed by atoms with E-state index < -0.39 is 0 Å². The number of hydrogen-bond donors (Lipinski definition) is 2. The van der Waals surface area contributed by atoms with Crippen LogP contribution in [-0.4, -0.2) is 60.1 Å². The molecule has 14 heteroatoms. The Balaban J connectivity index is 0.00000771. The van der Waals surface area contributed by atoms with Gasteiger partial charge in [0.15, 0.2) is 0 Å². The van der Waals surface area contributed by atoms with Crippen LogP contribution in [0.15, 0.2) is 48.5 Å². The van der Waals surface area contributed by atoms with E-state index in [1.165, 1.54) is 0 Å². The third-order valence-corrected chi connectivity index (χ3v) is 11.6. The molecule has 64 heavy (non-hydrogen) atoms. The molecule has 8 bridgehead atoms. The number of rotatable bonds is 18. The monoisotopic (exact) mass is 1050 g/mol. The average molecular weight is 1050 g/mol. The van der Waals surface area contributed by atoms with Gasteiger partial charge in [0.1, 0.15) is 0 Å². The summed E-state index contributed by atoms with van der Waals surface area (Å²) in [5, 5.41) is 3.06. The molecule has 0 fully saturated rings. The van der Waals surface area contributed by atoms with Crippen molar-refractivity contribution in [3.63, 3.8) is 0 Å². The van der Waals surface area contributed by atoms with E-state index in [2.05, 4.69) is 5.32 Å². The standard InChI is InChI=1S/C50H59N6O7.Pt/c1-8-61-48(58)20-16-36-30(5)40-25-43-35(15-19-47(57)52-24-23-33-11-13-34(51)14-12-33)29(4)39(53-43)26-44-37(17-21-49(59)62-9-2)31(6)41(55-44)28-46-38(18-22-50(60)63-10-3)32(7)42(56-46)27-45(36)54-40;/h11-14,25-28H,8-10,15-24,51H2,1-7H3,(H2-,52,53,54,55,56,57);/q-1;+2/p-1. The summed E-state index contributed by atoms with van der Waals surface area (Å²) in [4.78, 5) is 71.8. The molecule has 2 aliphatic heterocycles. The molecule has 0 unspecified atom stereocenters. The molecule has 0 spiro atoms. The van der Waals surface area contributed by atoms with Crippen LogP contribution in [0.2, 0.25) is 0 Å². The van der Waals surface area contributed by atoms with E-state index in [1.807, 2.05) is 76.2 Å². The number of benzene rings is 1. The Morgan fingerprint density at radius 1 is 0.562 bits per heavy atom. The van der Waals surface area contributed by atoms with E-state index in [0.717, 1.165) is 50.1 Å². The van der Waals surface area contributed by atoms with Gasteiger partial charge in [0.25, 0.3) is 0 Å². The van der Waals surface area contributed by atoms with E-state index in [4.69, 9.17) is 39.9 Å². The Morgan fingerprint density at radius 2 is 0.969 bits per heavy atom. The normalized spacial score (nSPS) is 12.2. The van der Waals surface area contributed by atoms with Crippen LogP contribution in [0.4, 0.5) is 5.69 Å². The molecule has 0 atom stereocenters. The van der Waals surface area contributed by atoms with Gasteiger partial charge in [-0.2, -0.15) is 0 Å². The van der Waals surface area contributed by atoms with Crippen molar-refractivity contribution in [3.05, 3.63) is 99.1 Å². The van der Waals surface area contributed by atoms with Crippen LogP contribution in [0.5, 0.6) is 0 Å². The number of fused-ring (bicyclic) bond motifs is 8. The van der Waals surface area contributed by atoms with E-state index in [0.29, 0.717) is 89.2 Å². The van der Waals surface area contributed by atoms with Crippen molar-refractivity contribution in [1.82, 2.24) is 25.3 Å². The minimum Gasteiger partial charge on any atom is -0.657 e. The van der Waals surface area contributed by atoms with E-state index in [1.54, 1.807) is 20.8 Å². The first kappa shape index (κ1) is 49.2. The van der Waals surface area contributed by atoms with Gasteiger partial charge in [-0.25, -0.2) is 9.97 Å². The van der Waals surface area contributed by atoms with Crippen LogP contribution in [0.3, 0.4) is 0 Å². The molecule has 4 aromatic rings. The van der Waals surface area contributed by atoms with Crippen LogP contribution in [-0.2, 0) is 73.7 Å².